The molecule has 3 N–H and O–H groups in total. The van der Waals surface area contributed by atoms with Crippen LogP contribution in [0, 0.1) is 17.3 Å². The number of hydrogen-bond donors (Lipinski definition) is 3. The molecule has 3 fully saturated rings. The average Bonchev–Trinajstić information content (AvgIpc) is 3.32. The first-order valence-electron chi connectivity index (χ1n) is 16.5. The van der Waals surface area contributed by atoms with Crippen LogP contribution in [0.25, 0.3) is 0 Å². The highest BCUT2D eigenvalue weighted by Gasteiger charge is 2.48. The van der Waals surface area contributed by atoms with Crippen LogP contribution in [0.1, 0.15) is 90.5 Å². The summed E-state index contributed by atoms with van der Waals surface area (Å²) in [7, 11) is 1.24. The minimum atomic E-state index is -1.08. The number of ether oxygens (including phenoxy) is 2. The molecule has 0 bridgehead atoms. The molecule has 2 saturated heterocycles. The van der Waals surface area contributed by atoms with Crippen molar-refractivity contribution in [1.82, 2.24) is 20.9 Å². The van der Waals surface area contributed by atoms with Crippen molar-refractivity contribution in [3.8, 4) is 0 Å². The van der Waals surface area contributed by atoms with Crippen molar-refractivity contribution in [2.75, 3.05) is 20.2 Å². The van der Waals surface area contributed by atoms with Gasteiger partial charge in [-0.15, -0.1) is 0 Å². The van der Waals surface area contributed by atoms with E-state index in [0.29, 0.717) is 49.4 Å². The molecule has 4 amide bonds. The van der Waals surface area contributed by atoms with E-state index in [1.165, 1.54) is 7.11 Å². The standard InChI is InChI=1S/C34H49ClN4O7/c1-33(2,3)31(43)39-15-13-34(14-16-39)20-24(28(40)38-34)19-27(30(42)45-4)36-29(41)26(18-22-9-6-5-7-10-22)37-32(44)46-21-23-11-8-12-25(35)17-23/h8,11-12,17,22,24,26-27H,5-7,9-10,13-16,18-21H2,1-4H3,(H,36,41)(H,37,44)(H,38,40)/t24?,26-,27?/m0/s1. The predicted molar refractivity (Wildman–Crippen MR) is 173 cm³/mol. The minimum absolute atomic E-state index is 0.0182. The number of likely N-dealkylation sites (tertiary alicyclic amines) is 1. The number of piperidine rings is 1. The number of nitrogens with one attached hydrogen (secondary N) is 3. The van der Waals surface area contributed by atoms with E-state index in [9.17, 15) is 24.0 Å². The van der Waals surface area contributed by atoms with Crippen LogP contribution < -0.4 is 16.0 Å². The second kappa shape index (κ2) is 15.5. The molecule has 1 aromatic rings. The average molecular weight is 661 g/mol. The lowest BCUT2D eigenvalue weighted by Crippen LogP contribution is -2.53. The maximum atomic E-state index is 13.7. The molecular weight excluding hydrogens is 612 g/mol. The van der Waals surface area contributed by atoms with E-state index in [1.807, 2.05) is 25.7 Å². The summed E-state index contributed by atoms with van der Waals surface area (Å²) < 4.78 is 10.4. The zero-order chi connectivity index (χ0) is 33.5. The molecule has 1 saturated carbocycles. The van der Waals surface area contributed by atoms with Gasteiger partial charge in [0.25, 0.3) is 0 Å². The van der Waals surface area contributed by atoms with Crippen LogP contribution in [-0.2, 0) is 35.3 Å². The Morgan fingerprint density at radius 2 is 1.74 bits per heavy atom. The topological polar surface area (TPSA) is 143 Å². The molecule has 2 aliphatic heterocycles. The number of benzene rings is 1. The Morgan fingerprint density at radius 3 is 2.37 bits per heavy atom. The number of rotatable bonds is 10. The summed E-state index contributed by atoms with van der Waals surface area (Å²) in [5.74, 6) is -1.57. The summed E-state index contributed by atoms with van der Waals surface area (Å²) in [6, 6.07) is 4.94. The molecule has 2 heterocycles. The molecule has 3 atom stereocenters. The van der Waals surface area contributed by atoms with Crippen LogP contribution in [0.3, 0.4) is 0 Å². The summed E-state index contributed by atoms with van der Waals surface area (Å²) >= 11 is 6.04. The third kappa shape index (κ3) is 9.59. The van der Waals surface area contributed by atoms with Gasteiger partial charge in [-0.25, -0.2) is 9.59 Å². The Labute approximate surface area is 276 Å². The fraction of sp³-hybridized carbons (Fsp3) is 0.676. The van der Waals surface area contributed by atoms with Crippen LogP contribution >= 0.6 is 11.6 Å². The number of amides is 4. The second-order valence-corrected chi connectivity index (χ2v) is 14.6. The Balaban J connectivity index is 1.39. The van der Waals surface area contributed by atoms with Gasteiger partial charge in [-0.1, -0.05) is 76.6 Å². The molecule has 0 radical (unpaired) electrons. The number of nitrogens with zero attached hydrogens (tertiary/aromatic N) is 1. The third-order valence-corrected chi connectivity index (χ3v) is 9.76. The zero-order valence-corrected chi connectivity index (χ0v) is 28.3. The van der Waals surface area contributed by atoms with Crippen LogP contribution in [0.5, 0.6) is 0 Å². The molecule has 11 nitrogen and oxygen atoms in total. The molecule has 3 aliphatic rings. The second-order valence-electron chi connectivity index (χ2n) is 14.2. The molecular formula is C34H49ClN4O7. The highest BCUT2D eigenvalue weighted by molar-refractivity contribution is 6.30. The number of alkyl carbamates (subject to hydrolysis) is 1. The Bertz CT molecular complexity index is 1270. The molecule has 1 aliphatic carbocycles. The summed E-state index contributed by atoms with van der Waals surface area (Å²) in [4.78, 5) is 67.2. The summed E-state index contributed by atoms with van der Waals surface area (Å²) in [6.45, 7) is 6.76. The highest BCUT2D eigenvalue weighted by Crippen LogP contribution is 2.37. The van der Waals surface area contributed by atoms with Crippen molar-refractivity contribution in [3.05, 3.63) is 34.9 Å². The summed E-state index contributed by atoms with van der Waals surface area (Å²) in [6.07, 6.45) is 6.61. The quantitative estimate of drug-likeness (QED) is 0.314. The van der Waals surface area contributed by atoms with Crippen LogP contribution in [0.2, 0.25) is 5.02 Å². The lowest BCUT2D eigenvalue weighted by molar-refractivity contribution is -0.146. The molecule has 4 rings (SSSR count). The first-order chi connectivity index (χ1) is 21.8. The molecule has 1 aromatic carbocycles. The zero-order valence-electron chi connectivity index (χ0n) is 27.5. The van der Waals surface area contributed by atoms with Gasteiger partial charge in [0, 0.05) is 35.0 Å². The van der Waals surface area contributed by atoms with Gasteiger partial charge < -0.3 is 30.3 Å². The maximum Gasteiger partial charge on any atom is 0.408 e. The lowest BCUT2D eigenvalue weighted by Gasteiger charge is -2.41. The minimum Gasteiger partial charge on any atom is -0.467 e. The fourth-order valence-corrected chi connectivity index (χ4v) is 7.18. The van der Waals surface area contributed by atoms with Crippen LogP contribution in [0.4, 0.5) is 4.79 Å². The number of carbonyl (C=O) groups excluding carboxylic acids is 5. The first-order valence-corrected chi connectivity index (χ1v) is 16.8. The Kier molecular flexibility index (Phi) is 12.0. The normalized spacial score (nSPS) is 21.2. The van der Waals surface area contributed by atoms with Gasteiger partial charge in [0.15, 0.2) is 0 Å². The number of halogens is 1. The van der Waals surface area contributed by atoms with E-state index in [2.05, 4.69) is 16.0 Å². The SMILES string of the molecule is COC(=O)C(CC1CC2(CCN(C(=O)C(C)(C)C)CC2)NC1=O)NC(=O)[C@H](CC1CCCCC1)NC(=O)OCc1cccc(Cl)c1. The van der Waals surface area contributed by atoms with Gasteiger partial charge >= 0.3 is 12.1 Å². The monoisotopic (exact) mass is 660 g/mol. The lowest BCUT2D eigenvalue weighted by atomic mass is 9.81. The fourth-order valence-electron chi connectivity index (χ4n) is 6.97. The smallest absolute Gasteiger partial charge is 0.408 e. The molecule has 12 heteroatoms. The number of hydrogen-bond acceptors (Lipinski definition) is 7. The van der Waals surface area contributed by atoms with Crippen molar-refractivity contribution in [1.29, 1.82) is 0 Å². The van der Waals surface area contributed by atoms with Gasteiger partial charge in [-0.3, -0.25) is 14.4 Å². The van der Waals surface area contributed by atoms with Crippen LogP contribution in [0.15, 0.2) is 24.3 Å². The van der Waals surface area contributed by atoms with E-state index in [0.717, 1.165) is 32.1 Å². The van der Waals surface area contributed by atoms with Crippen LogP contribution in [-0.4, -0.2) is 72.5 Å². The van der Waals surface area contributed by atoms with Gasteiger partial charge in [0.2, 0.25) is 17.7 Å². The van der Waals surface area contributed by atoms with E-state index in [1.54, 1.807) is 24.3 Å². The van der Waals surface area contributed by atoms with Crippen molar-refractivity contribution in [2.45, 2.75) is 109 Å². The predicted octanol–water partition coefficient (Wildman–Crippen LogP) is 4.50. The van der Waals surface area contributed by atoms with E-state index in [-0.39, 0.29) is 30.8 Å². The molecule has 46 heavy (non-hydrogen) atoms. The largest absolute Gasteiger partial charge is 0.467 e. The Hall–Kier alpha value is -3.34. The van der Waals surface area contributed by atoms with E-state index >= 15 is 0 Å². The Morgan fingerprint density at radius 1 is 1.04 bits per heavy atom. The molecule has 1 spiro atoms. The van der Waals surface area contributed by atoms with Gasteiger partial charge in [0.05, 0.1) is 7.11 Å². The van der Waals surface area contributed by atoms with Crippen molar-refractivity contribution >= 4 is 41.4 Å². The van der Waals surface area contributed by atoms with Gasteiger partial charge in [-0.2, -0.15) is 0 Å². The summed E-state index contributed by atoms with van der Waals surface area (Å²) in [5, 5.41) is 9.17. The van der Waals surface area contributed by atoms with Gasteiger partial charge in [0.1, 0.15) is 18.7 Å². The number of esters is 1. The highest BCUT2D eigenvalue weighted by atomic mass is 35.5. The molecule has 0 aromatic heterocycles. The molecule has 2 unspecified atom stereocenters. The van der Waals surface area contributed by atoms with E-state index in [4.69, 9.17) is 21.1 Å². The molecule has 254 valence electrons. The van der Waals surface area contributed by atoms with E-state index < -0.39 is 46.9 Å². The number of methoxy groups -OCH3 is 1. The summed E-state index contributed by atoms with van der Waals surface area (Å²) in [5.41, 5.74) is -0.228. The first kappa shape index (κ1) is 35.5. The number of carbonyl (C=O) groups is 5. The van der Waals surface area contributed by atoms with Crippen molar-refractivity contribution in [3.63, 3.8) is 0 Å². The van der Waals surface area contributed by atoms with Crippen molar-refractivity contribution in [2.24, 2.45) is 17.3 Å². The maximum absolute atomic E-state index is 13.7. The third-order valence-electron chi connectivity index (χ3n) is 9.53. The van der Waals surface area contributed by atoms with Crippen molar-refractivity contribution < 1.29 is 33.4 Å². The van der Waals surface area contributed by atoms with Gasteiger partial charge in [-0.05, 0) is 55.7 Å².